The van der Waals surface area contributed by atoms with Gasteiger partial charge in [-0.1, -0.05) is 13.8 Å². The Bertz CT molecular complexity index is 267. The molecule has 0 aromatic rings. The molecular weight excluding hydrogens is 208 g/mol. The zero-order chi connectivity index (χ0) is 12.3. The molecule has 2 fully saturated rings. The standard InChI is InChI=1S/C15H26N2/c1-4-7-13(5-2)17-14-8-9-15(17)11-12(10-14)16-6-3/h1,12-16H,5-11H2,2-3H3. The number of piperidine rings is 1. The fourth-order valence-electron chi connectivity index (χ4n) is 3.86. The number of rotatable bonds is 5. The fraction of sp³-hybridized carbons (Fsp3) is 0.867. The Hall–Kier alpha value is -0.520. The van der Waals surface area contributed by atoms with E-state index in [0.29, 0.717) is 6.04 Å². The first kappa shape index (κ1) is 12.9. The Kier molecular flexibility index (Phi) is 4.48. The van der Waals surface area contributed by atoms with Crippen LogP contribution in [-0.2, 0) is 0 Å². The van der Waals surface area contributed by atoms with Crippen LogP contribution >= 0.6 is 0 Å². The SMILES string of the molecule is C#CCC(CC)N1C2CCC1CC(NCC)C2. The van der Waals surface area contributed by atoms with Crippen molar-refractivity contribution < 1.29 is 0 Å². The minimum Gasteiger partial charge on any atom is -0.314 e. The number of hydrogen-bond acceptors (Lipinski definition) is 2. The minimum atomic E-state index is 0.625. The summed E-state index contributed by atoms with van der Waals surface area (Å²) in [6, 6.07) is 2.95. The van der Waals surface area contributed by atoms with E-state index in [4.69, 9.17) is 6.42 Å². The third-order valence-corrected chi connectivity index (χ3v) is 4.53. The van der Waals surface area contributed by atoms with E-state index in [1.165, 1.54) is 32.1 Å². The molecule has 2 heterocycles. The number of terminal acetylenes is 1. The molecule has 17 heavy (non-hydrogen) atoms. The summed E-state index contributed by atoms with van der Waals surface area (Å²) < 4.78 is 0. The monoisotopic (exact) mass is 234 g/mol. The average molecular weight is 234 g/mol. The van der Waals surface area contributed by atoms with Crippen LogP contribution in [0.1, 0.15) is 52.4 Å². The quantitative estimate of drug-likeness (QED) is 0.735. The van der Waals surface area contributed by atoms with Crippen LogP contribution < -0.4 is 5.32 Å². The second kappa shape index (κ2) is 5.89. The Morgan fingerprint density at radius 3 is 2.41 bits per heavy atom. The third-order valence-electron chi connectivity index (χ3n) is 4.53. The van der Waals surface area contributed by atoms with E-state index in [1.807, 2.05) is 0 Å². The van der Waals surface area contributed by atoms with Crippen LogP contribution in [0.4, 0.5) is 0 Å². The first-order chi connectivity index (χ1) is 8.30. The van der Waals surface area contributed by atoms with Crippen molar-refractivity contribution in [3.63, 3.8) is 0 Å². The van der Waals surface area contributed by atoms with Gasteiger partial charge >= 0.3 is 0 Å². The molecule has 0 amide bonds. The van der Waals surface area contributed by atoms with E-state index in [2.05, 4.69) is 30.0 Å². The van der Waals surface area contributed by atoms with Crippen molar-refractivity contribution >= 4 is 0 Å². The molecule has 0 aromatic heterocycles. The van der Waals surface area contributed by atoms with E-state index in [9.17, 15) is 0 Å². The molecule has 2 saturated heterocycles. The molecule has 2 heteroatoms. The third kappa shape index (κ3) is 2.67. The number of fused-ring (bicyclic) bond motifs is 2. The van der Waals surface area contributed by atoms with Crippen molar-refractivity contribution in [2.24, 2.45) is 0 Å². The average Bonchev–Trinajstić information content (AvgIpc) is 2.59. The number of nitrogens with zero attached hydrogens (tertiary/aromatic N) is 1. The van der Waals surface area contributed by atoms with Crippen molar-refractivity contribution in [2.45, 2.75) is 76.5 Å². The topological polar surface area (TPSA) is 15.3 Å². The van der Waals surface area contributed by atoms with Gasteiger partial charge in [-0.25, -0.2) is 0 Å². The van der Waals surface area contributed by atoms with Gasteiger partial charge in [0.2, 0.25) is 0 Å². The van der Waals surface area contributed by atoms with Crippen LogP contribution in [0.15, 0.2) is 0 Å². The second-order valence-electron chi connectivity index (χ2n) is 5.53. The van der Waals surface area contributed by atoms with E-state index < -0.39 is 0 Å². The Balaban J connectivity index is 2.00. The highest BCUT2D eigenvalue weighted by Crippen LogP contribution is 2.38. The molecule has 2 aliphatic rings. The Labute approximate surface area is 106 Å². The number of nitrogens with one attached hydrogen (secondary N) is 1. The van der Waals surface area contributed by atoms with Crippen molar-refractivity contribution in [3.05, 3.63) is 0 Å². The van der Waals surface area contributed by atoms with Crippen LogP contribution in [0.3, 0.4) is 0 Å². The highest BCUT2D eigenvalue weighted by atomic mass is 15.3. The first-order valence-corrected chi connectivity index (χ1v) is 7.24. The van der Waals surface area contributed by atoms with Crippen LogP contribution in [-0.4, -0.2) is 35.6 Å². The molecule has 3 unspecified atom stereocenters. The van der Waals surface area contributed by atoms with Gasteiger partial charge in [0, 0.05) is 30.6 Å². The predicted octanol–water partition coefficient (Wildman–Crippen LogP) is 2.39. The van der Waals surface area contributed by atoms with Crippen molar-refractivity contribution in [2.75, 3.05) is 6.54 Å². The van der Waals surface area contributed by atoms with Gasteiger partial charge in [-0.05, 0) is 38.6 Å². The lowest BCUT2D eigenvalue weighted by atomic mass is 9.94. The summed E-state index contributed by atoms with van der Waals surface area (Å²) in [5, 5.41) is 3.63. The molecule has 2 nitrogen and oxygen atoms in total. The zero-order valence-electron chi connectivity index (χ0n) is 11.3. The smallest absolute Gasteiger partial charge is 0.0243 e. The molecule has 0 saturated carbocycles. The van der Waals surface area contributed by atoms with Crippen molar-refractivity contribution in [3.8, 4) is 12.3 Å². The lowest BCUT2D eigenvalue weighted by Gasteiger charge is -2.43. The van der Waals surface area contributed by atoms with Gasteiger partial charge in [0.05, 0.1) is 0 Å². The second-order valence-corrected chi connectivity index (χ2v) is 5.53. The molecule has 3 atom stereocenters. The highest BCUT2D eigenvalue weighted by molar-refractivity contribution is 5.02. The van der Waals surface area contributed by atoms with Gasteiger partial charge in [-0.2, -0.15) is 0 Å². The van der Waals surface area contributed by atoms with Crippen LogP contribution in [0.25, 0.3) is 0 Å². The van der Waals surface area contributed by atoms with Crippen LogP contribution in [0, 0.1) is 12.3 Å². The molecular formula is C15H26N2. The van der Waals surface area contributed by atoms with E-state index in [0.717, 1.165) is 31.1 Å². The van der Waals surface area contributed by atoms with Crippen molar-refractivity contribution in [1.29, 1.82) is 0 Å². The lowest BCUT2D eigenvalue weighted by Crippen LogP contribution is -2.52. The maximum absolute atomic E-state index is 5.51. The van der Waals surface area contributed by atoms with E-state index in [-0.39, 0.29) is 0 Å². The van der Waals surface area contributed by atoms with Crippen LogP contribution in [0.5, 0.6) is 0 Å². The van der Waals surface area contributed by atoms with E-state index in [1.54, 1.807) is 0 Å². The maximum Gasteiger partial charge on any atom is 0.0243 e. The molecule has 2 rings (SSSR count). The van der Waals surface area contributed by atoms with Gasteiger partial charge in [-0.15, -0.1) is 12.3 Å². The highest BCUT2D eigenvalue weighted by Gasteiger charge is 2.42. The molecule has 2 aliphatic heterocycles. The summed E-state index contributed by atoms with van der Waals surface area (Å²) in [6.07, 6.45) is 13.0. The van der Waals surface area contributed by atoms with E-state index >= 15 is 0 Å². The minimum absolute atomic E-state index is 0.625. The summed E-state index contributed by atoms with van der Waals surface area (Å²) in [5.74, 6) is 2.86. The predicted molar refractivity (Wildman–Crippen MR) is 72.9 cm³/mol. The summed E-state index contributed by atoms with van der Waals surface area (Å²) in [6.45, 7) is 5.59. The zero-order valence-corrected chi connectivity index (χ0v) is 11.3. The Morgan fingerprint density at radius 1 is 1.29 bits per heavy atom. The fourth-order valence-corrected chi connectivity index (χ4v) is 3.86. The van der Waals surface area contributed by atoms with Crippen LogP contribution in [0.2, 0.25) is 0 Å². The summed E-state index contributed by atoms with van der Waals surface area (Å²) in [4.78, 5) is 2.76. The molecule has 0 aromatic carbocycles. The summed E-state index contributed by atoms with van der Waals surface area (Å²) >= 11 is 0. The van der Waals surface area contributed by atoms with Gasteiger partial charge in [-0.3, -0.25) is 4.90 Å². The molecule has 0 aliphatic carbocycles. The maximum atomic E-state index is 5.51. The van der Waals surface area contributed by atoms with Gasteiger partial charge < -0.3 is 5.32 Å². The summed E-state index contributed by atoms with van der Waals surface area (Å²) in [7, 11) is 0. The molecule has 96 valence electrons. The molecule has 2 bridgehead atoms. The Morgan fingerprint density at radius 2 is 1.94 bits per heavy atom. The normalized spacial score (nSPS) is 34.5. The first-order valence-electron chi connectivity index (χ1n) is 7.24. The van der Waals surface area contributed by atoms with Gasteiger partial charge in [0.1, 0.15) is 0 Å². The van der Waals surface area contributed by atoms with Gasteiger partial charge in [0.25, 0.3) is 0 Å². The largest absolute Gasteiger partial charge is 0.314 e. The molecule has 0 radical (unpaired) electrons. The number of hydrogen-bond donors (Lipinski definition) is 1. The molecule has 0 spiro atoms. The van der Waals surface area contributed by atoms with Gasteiger partial charge in [0.15, 0.2) is 0 Å². The lowest BCUT2D eigenvalue weighted by molar-refractivity contribution is 0.0699. The molecule has 1 N–H and O–H groups in total. The summed E-state index contributed by atoms with van der Waals surface area (Å²) in [5.41, 5.74) is 0. The van der Waals surface area contributed by atoms with Crippen molar-refractivity contribution in [1.82, 2.24) is 10.2 Å².